The minimum Gasteiger partial charge on any atom is -0.475 e. The maximum atomic E-state index is 10.6. The zero-order valence-electron chi connectivity index (χ0n) is 24.4. The number of alkyl halides is 9. The van der Waals surface area contributed by atoms with Gasteiger partial charge in [-0.25, -0.2) is 19.4 Å². The predicted molar refractivity (Wildman–Crippen MR) is 148 cm³/mol. The summed E-state index contributed by atoms with van der Waals surface area (Å²) in [5, 5.41) is 21.4. The highest BCUT2D eigenvalue weighted by Gasteiger charge is 2.39. The van der Waals surface area contributed by atoms with Gasteiger partial charge < -0.3 is 20.1 Å². The predicted octanol–water partition coefficient (Wildman–Crippen LogP) is 5.26. The normalized spacial score (nSPS) is 15.0. The average molecular weight is 714 g/mol. The van der Waals surface area contributed by atoms with Crippen molar-refractivity contribution in [2.75, 3.05) is 19.7 Å². The molecular formula is C28H24F9N5O7. The van der Waals surface area contributed by atoms with Crippen LogP contribution in [0, 0.1) is 0 Å². The quantitative estimate of drug-likeness (QED) is 0.236. The molecule has 0 bridgehead atoms. The van der Waals surface area contributed by atoms with Crippen LogP contribution in [0.2, 0.25) is 0 Å². The summed E-state index contributed by atoms with van der Waals surface area (Å²) in [5.74, 6) is -8.27. The van der Waals surface area contributed by atoms with Crippen LogP contribution in [0.1, 0.15) is 17.4 Å². The molecule has 1 aliphatic heterocycles. The number of pyridine rings is 3. The summed E-state index contributed by atoms with van der Waals surface area (Å²) in [6.45, 7) is 3.32. The van der Waals surface area contributed by atoms with Crippen LogP contribution in [-0.2, 0) is 25.7 Å². The number of carboxylic acid groups (broad SMARTS) is 3. The third-order valence-electron chi connectivity index (χ3n) is 5.82. The summed E-state index contributed by atoms with van der Waals surface area (Å²) < 4.78 is 103. The third kappa shape index (κ3) is 13.4. The zero-order chi connectivity index (χ0) is 37.0. The van der Waals surface area contributed by atoms with E-state index < -0.39 is 36.4 Å². The van der Waals surface area contributed by atoms with Crippen LogP contribution in [-0.4, -0.2) is 95.7 Å². The molecule has 4 aromatic heterocycles. The van der Waals surface area contributed by atoms with Crippen molar-refractivity contribution < 1.29 is 74.0 Å². The molecule has 21 heteroatoms. The Labute approximate surface area is 269 Å². The van der Waals surface area contributed by atoms with Crippen LogP contribution in [0.25, 0.3) is 16.9 Å². The number of aliphatic carboxylic acids is 3. The molecule has 0 aromatic carbocycles. The molecule has 5 heterocycles. The first-order valence-corrected chi connectivity index (χ1v) is 13.2. The van der Waals surface area contributed by atoms with Gasteiger partial charge >= 0.3 is 36.4 Å². The second-order valence-electron chi connectivity index (χ2n) is 9.41. The number of imidazole rings is 1. The van der Waals surface area contributed by atoms with Gasteiger partial charge in [0, 0.05) is 56.2 Å². The van der Waals surface area contributed by atoms with Crippen molar-refractivity contribution in [2.24, 2.45) is 0 Å². The lowest BCUT2D eigenvalue weighted by Gasteiger charge is -2.32. The van der Waals surface area contributed by atoms with E-state index in [0.29, 0.717) is 6.61 Å². The number of carboxylic acids is 3. The number of nitrogens with zero attached hydrogens (tertiary/aromatic N) is 5. The van der Waals surface area contributed by atoms with E-state index in [1.165, 1.54) is 5.56 Å². The second-order valence-corrected chi connectivity index (χ2v) is 9.41. The number of ether oxygens (including phenoxy) is 1. The lowest BCUT2D eigenvalue weighted by Crippen LogP contribution is -2.37. The minimum absolute atomic E-state index is 0.0318. The molecule has 1 saturated heterocycles. The van der Waals surface area contributed by atoms with Crippen LogP contribution >= 0.6 is 0 Å². The van der Waals surface area contributed by atoms with E-state index >= 15 is 0 Å². The molecular weight excluding hydrogens is 689 g/mol. The number of hydrogen-bond acceptors (Lipinski definition) is 8. The summed E-state index contributed by atoms with van der Waals surface area (Å²) in [5.41, 5.74) is 5.34. The lowest BCUT2D eigenvalue weighted by molar-refractivity contribution is -0.193. The maximum absolute atomic E-state index is 10.6. The molecule has 0 amide bonds. The fraction of sp³-hybridized carbons (Fsp3) is 0.286. The average Bonchev–Trinajstić information content (AvgIpc) is 3.47. The highest BCUT2D eigenvalue weighted by Crippen LogP contribution is 2.26. The van der Waals surface area contributed by atoms with Gasteiger partial charge in [-0.1, -0.05) is 12.1 Å². The van der Waals surface area contributed by atoms with Crippen LogP contribution in [0.3, 0.4) is 0 Å². The van der Waals surface area contributed by atoms with Gasteiger partial charge in [-0.15, -0.1) is 0 Å². The van der Waals surface area contributed by atoms with Gasteiger partial charge in [0.25, 0.3) is 0 Å². The molecule has 0 saturated carbocycles. The number of aromatic nitrogens is 4. The molecule has 1 unspecified atom stereocenters. The number of halogens is 9. The fourth-order valence-corrected chi connectivity index (χ4v) is 3.72. The second kappa shape index (κ2) is 17.2. The van der Waals surface area contributed by atoms with Gasteiger partial charge in [-0.3, -0.25) is 19.3 Å². The van der Waals surface area contributed by atoms with Gasteiger partial charge in [-0.05, 0) is 35.9 Å². The first-order valence-electron chi connectivity index (χ1n) is 13.2. The molecule has 49 heavy (non-hydrogen) atoms. The molecule has 0 radical (unpaired) electrons. The van der Waals surface area contributed by atoms with Crippen molar-refractivity contribution in [1.82, 2.24) is 24.3 Å². The number of morpholine rings is 1. The lowest BCUT2D eigenvalue weighted by atomic mass is 10.1. The van der Waals surface area contributed by atoms with E-state index in [2.05, 4.69) is 37.6 Å². The van der Waals surface area contributed by atoms with E-state index in [1.807, 2.05) is 55.1 Å². The van der Waals surface area contributed by atoms with Crippen molar-refractivity contribution in [1.29, 1.82) is 0 Å². The van der Waals surface area contributed by atoms with E-state index in [-0.39, 0.29) is 6.10 Å². The van der Waals surface area contributed by atoms with Crippen molar-refractivity contribution in [3.8, 4) is 11.3 Å². The molecule has 12 nitrogen and oxygen atoms in total. The van der Waals surface area contributed by atoms with Gasteiger partial charge in [-0.2, -0.15) is 39.5 Å². The Balaban J connectivity index is 0.000000325. The van der Waals surface area contributed by atoms with Gasteiger partial charge in [0.15, 0.2) is 0 Å². The van der Waals surface area contributed by atoms with Crippen LogP contribution in [0.5, 0.6) is 0 Å². The Kier molecular flexibility index (Phi) is 14.0. The maximum Gasteiger partial charge on any atom is 0.490 e. The smallest absolute Gasteiger partial charge is 0.475 e. The Morgan fingerprint density at radius 2 is 1.33 bits per heavy atom. The number of hydrogen-bond donors (Lipinski definition) is 3. The summed E-state index contributed by atoms with van der Waals surface area (Å²) in [6, 6.07) is 14.3. The number of fused-ring (bicyclic) bond motifs is 1. The van der Waals surface area contributed by atoms with Crippen molar-refractivity contribution in [3.05, 3.63) is 84.7 Å². The SMILES string of the molecule is O=C(O)C(F)(F)F.O=C(O)C(F)(F)F.O=C(O)C(F)(F)F.c1cncc(CN2CCOC(c3cn4c(-c5ccncc5)cccc4n3)C2)c1. The highest BCUT2D eigenvalue weighted by atomic mass is 19.4. The Hall–Kier alpha value is -5.31. The Morgan fingerprint density at radius 1 is 0.776 bits per heavy atom. The van der Waals surface area contributed by atoms with Crippen molar-refractivity contribution in [3.63, 3.8) is 0 Å². The topological polar surface area (TPSA) is 167 Å². The molecule has 0 aliphatic carbocycles. The molecule has 266 valence electrons. The van der Waals surface area contributed by atoms with Gasteiger partial charge in [0.2, 0.25) is 0 Å². The Bertz CT molecular complexity index is 1610. The first-order chi connectivity index (χ1) is 22.7. The molecule has 3 N–H and O–H groups in total. The molecule has 4 aromatic rings. The summed E-state index contributed by atoms with van der Waals surface area (Å²) >= 11 is 0. The van der Waals surface area contributed by atoms with Crippen molar-refractivity contribution in [2.45, 2.75) is 31.2 Å². The largest absolute Gasteiger partial charge is 0.490 e. The minimum atomic E-state index is -5.08. The third-order valence-corrected chi connectivity index (χ3v) is 5.82. The molecule has 1 atom stereocenters. The Morgan fingerprint density at radius 3 is 1.82 bits per heavy atom. The van der Waals surface area contributed by atoms with E-state index in [4.69, 9.17) is 39.4 Å². The molecule has 1 aliphatic rings. The molecule has 5 rings (SSSR count). The molecule has 0 spiro atoms. The summed E-state index contributed by atoms with van der Waals surface area (Å²) in [6.07, 6.45) is -5.82. The number of carbonyl (C=O) groups is 3. The summed E-state index contributed by atoms with van der Waals surface area (Å²) in [4.78, 5) is 42.3. The van der Waals surface area contributed by atoms with Crippen LogP contribution < -0.4 is 0 Å². The zero-order valence-corrected chi connectivity index (χ0v) is 24.4. The monoisotopic (exact) mass is 713 g/mol. The van der Waals surface area contributed by atoms with E-state index in [9.17, 15) is 39.5 Å². The standard InChI is InChI=1S/C22H21N5O.3C2HF3O2/c1-4-20(18-6-9-23-10-7-18)27-15-19(25-22(27)5-1)21-16-26(11-12-28-21)14-17-3-2-8-24-13-17;3*3-2(4,5)1(6)7/h1-10,13,15,21H,11-12,14,16H2;3*(H,6,7). The van der Waals surface area contributed by atoms with Crippen molar-refractivity contribution >= 4 is 23.6 Å². The molecule has 1 fully saturated rings. The van der Waals surface area contributed by atoms with Gasteiger partial charge in [0.05, 0.1) is 18.0 Å². The number of rotatable bonds is 4. The summed E-state index contributed by atoms with van der Waals surface area (Å²) in [7, 11) is 0. The highest BCUT2D eigenvalue weighted by molar-refractivity contribution is 5.73. The fourth-order valence-electron chi connectivity index (χ4n) is 3.72. The van der Waals surface area contributed by atoms with Crippen LogP contribution in [0.4, 0.5) is 39.5 Å². The first kappa shape index (κ1) is 39.9. The van der Waals surface area contributed by atoms with Crippen LogP contribution in [0.15, 0.2) is 73.4 Å². The van der Waals surface area contributed by atoms with Gasteiger partial charge in [0.1, 0.15) is 11.8 Å². The van der Waals surface area contributed by atoms with E-state index in [1.54, 1.807) is 0 Å². The van der Waals surface area contributed by atoms with E-state index in [0.717, 1.165) is 42.2 Å².